The second-order valence-electron chi connectivity index (χ2n) is 6.14. The van der Waals surface area contributed by atoms with E-state index in [4.69, 9.17) is 8.92 Å². The predicted octanol–water partition coefficient (Wildman–Crippen LogP) is 2.00. The number of rotatable bonds is 6. The van der Waals surface area contributed by atoms with Crippen LogP contribution < -0.4 is 4.18 Å². The van der Waals surface area contributed by atoms with Crippen LogP contribution in [-0.2, 0) is 32.6 Å². The van der Waals surface area contributed by atoms with E-state index in [2.05, 4.69) is 0 Å². The molecule has 0 unspecified atom stereocenters. The average Bonchev–Trinajstić information content (AvgIpc) is 2.65. The number of ether oxygens (including phenoxy) is 1. The molecule has 0 radical (unpaired) electrons. The molecule has 26 heavy (non-hydrogen) atoms. The van der Waals surface area contributed by atoms with E-state index in [1.807, 2.05) is 29.2 Å². The molecule has 0 saturated carbocycles. The van der Waals surface area contributed by atoms with Gasteiger partial charge in [0.15, 0.2) is 0 Å². The van der Waals surface area contributed by atoms with Crippen molar-refractivity contribution >= 4 is 16.1 Å². The second kappa shape index (κ2) is 7.88. The lowest BCUT2D eigenvalue weighted by Gasteiger charge is -2.34. The highest BCUT2D eigenvalue weighted by atomic mass is 32.2. The van der Waals surface area contributed by atoms with Gasteiger partial charge in [-0.3, -0.25) is 9.69 Å². The van der Waals surface area contributed by atoms with E-state index in [0.29, 0.717) is 13.0 Å². The van der Waals surface area contributed by atoms with Crippen molar-refractivity contribution in [3.05, 3.63) is 65.7 Å². The van der Waals surface area contributed by atoms with Gasteiger partial charge >= 0.3 is 16.1 Å². The molecule has 3 rings (SSSR count). The molecule has 7 heteroatoms. The lowest BCUT2D eigenvalue weighted by Crippen LogP contribution is -2.47. The second-order valence-corrected chi connectivity index (χ2v) is 7.83. The molecule has 0 fully saturated rings. The van der Waals surface area contributed by atoms with Gasteiger partial charge in [-0.05, 0) is 29.7 Å². The topological polar surface area (TPSA) is 72.9 Å². The minimum Gasteiger partial charge on any atom is -0.468 e. The Morgan fingerprint density at radius 2 is 1.73 bits per heavy atom. The SMILES string of the molecule is COC(=O)[C@H]1Cc2ccccc2CN1CCS(=O)(=O)Oc1ccccc1. The average molecular weight is 375 g/mol. The third-order valence-corrected chi connectivity index (χ3v) is 5.54. The van der Waals surface area contributed by atoms with E-state index in [-0.39, 0.29) is 24.0 Å². The van der Waals surface area contributed by atoms with Crippen LogP contribution in [0.15, 0.2) is 54.6 Å². The maximum atomic E-state index is 12.3. The summed E-state index contributed by atoms with van der Waals surface area (Å²) in [6, 6.07) is 15.7. The zero-order valence-electron chi connectivity index (χ0n) is 14.5. The molecule has 0 bridgehead atoms. The predicted molar refractivity (Wildman–Crippen MR) is 97.2 cm³/mol. The Bertz CT molecular complexity index is 867. The molecule has 138 valence electrons. The number of esters is 1. The fraction of sp³-hybridized carbons (Fsp3) is 0.316. The molecule has 0 N–H and O–H groups in total. The first-order valence-corrected chi connectivity index (χ1v) is 9.92. The summed E-state index contributed by atoms with van der Waals surface area (Å²) in [5.74, 6) is -0.292. The Morgan fingerprint density at radius 1 is 1.08 bits per heavy atom. The summed E-state index contributed by atoms with van der Waals surface area (Å²) in [6.07, 6.45) is 0.502. The van der Waals surface area contributed by atoms with E-state index in [0.717, 1.165) is 11.1 Å². The third kappa shape index (κ3) is 4.42. The molecule has 0 spiro atoms. The van der Waals surface area contributed by atoms with Gasteiger partial charge in [-0.1, -0.05) is 42.5 Å². The van der Waals surface area contributed by atoms with Crippen LogP contribution in [0.2, 0.25) is 0 Å². The van der Waals surface area contributed by atoms with Gasteiger partial charge in [0.1, 0.15) is 11.8 Å². The van der Waals surface area contributed by atoms with Crippen LogP contribution in [0.5, 0.6) is 5.75 Å². The quantitative estimate of drug-likeness (QED) is 0.568. The van der Waals surface area contributed by atoms with Gasteiger partial charge in [0.2, 0.25) is 0 Å². The third-order valence-electron chi connectivity index (χ3n) is 4.41. The van der Waals surface area contributed by atoms with Crippen molar-refractivity contribution in [2.45, 2.75) is 19.0 Å². The van der Waals surface area contributed by atoms with Crippen LogP contribution in [0.3, 0.4) is 0 Å². The Balaban J connectivity index is 1.71. The number of carbonyl (C=O) groups is 1. The summed E-state index contributed by atoms with van der Waals surface area (Å²) in [5, 5.41) is 0. The Labute approximate surface area is 153 Å². The summed E-state index contributed by atoms with van der Waals surface area (Å²) in [5.41, 5.74) is 2.18. The smallest absolute Gasteiger partial charge is 0.323 e. The van der Waals surface area contributed by atoms with Crippen LogP contribution in [0.4, 0.5) is 0 Å². The van der Waals surface area contributed by atoms with Crippen LogP contribution in [0.1, 0.15) is 11.1 Å². The molecule has 1 aliphatic rings. The minimum absolute atomic E-state index is 0.184. The number of methoxy groups -OCH3 is 1. The highest BCUT2D eigenvalue weighted by Crippen LogP contribution is 2.24. The first-order chi connectivity index (χ1) is 12.5. The molecule has 2 aromatic carbocycles. The van der Waals surface area contributed by atoms with Crippen molar-refractivity contribution in [2.24, 2.45) is 0 Å². The van der Waals surface area contributed by atoms with E-state index >= 15 is 0 Å². The van der Waals surface area contributed by atoms with Gasteiger partial charge in [0.25, 0.3) is 0 Å². The molecule has 0 aliphatic carbocycles. The lowest BCUT2D eigenvalue weighted by atomic mass is 9.94. The number of benzene rings is 2. The van der Waals surface area contributed by atoms with Crippen LogP contribution in [-0.4, -0.2) is 44.7 Å². The minimum atomic E-state index is -3.76. The van der Waals surface area contributed by atoms with Gasteiger partial charge in [0.05, 0.1) is 12.9 Å². The van der Waals surface area contributed by atoms with Gasteiger partial charge in [-0.25, -0.2) is 0 Å². The van der Waals surface area contributed by atoms with Crippen molar-refractivity contribution in [3.63, 3.8) is 0 Å². The van der Waals surface area contributed by atoms with E-state index in [1.165, 1.54) is 7.11 Å². The molecule has 1 aliphatic heterocycles. The monoisotopic (exact) mass is 375 g/mol. The number of hydrogen-bond donors (Lipinski definition) is 0. The van der Waals surface area contributed by atoms with E-state index < -0.39 is 16.2 Å². The fourth-order valence-electron chi connectivity index (χ4n) is 3.07. The number of nitrogens with zero attached hydrogens (tertiary/aromatic N) is 1. The first kappa shape index (κ1) is 18.4. The van der Waals surface area contributed by atoms with E-state index in [1.54, 1.807) is 30.3 Å². The normalized spacial score (nSPS) is 17.3. The summed E-state index contributed by atoms with van der Waals surface area (Å²) >= 11 is 0. The summed E-state index contributed by atoms with van der Waals surface area (Å²) in [6.45, 7) is 0.681. The number of carbonyl (C=O) groups excluding carboxylic acids is 1. The molecule has 1 atom stereocenters. The highest BCUT2D eigenvalue weighted by molar-refractivity contribution is 7.87. The Morgan fingerprint density at radius 3 is 2.42 bits per heavy atom. The molecular formula is C19H21NO5S. The van der Waals surface area contributed by atoms with Gasteiger partial charge in [-0.2, -0.15) is 8.42 Å². The van der Waals surface area contributed by atoms with Crippen LogP contribution >= 0.6 is 0 Å². The zero-order valence-corrected chi connectivity index (χ0v) is 15.3. The molecule has 2 aromatic rings. The lowest BCUT2D eigenvalue weighted by molar-refractivity contribution is -0.147. The highest BCUT2D eigenvalue weighted by Gasteiger charge is 2.33. The van der Waals surface area contributed by atoms with Gasteiger partial charge < -0.3 is 8.92 Å². The van der Waals surface area contributed by atoms with Crippen molar-refractivity contribution < 1.29 is 22.1 Å². The van der Waals surface area contributed by atoms with E-state index in [9.17, 15) is 13.2 Å². The molecular weight excluding hydrogens is 354 g/mol. The Kier molecular flexibility index (Phi) is 5.58. The summed E-state index contributed by atoms with van der Waals surface area (Å²) in [7, 11) is -2.42. The largest absolute Gasteiger partial charge is 0.468 e. The maximum absolute atomic E-state index is 12.3. The summed E-state index contributed by atoms with van der Waals surface area (Å²) < 4.78 is 34.6. The molecule has 1 heterocycles. The number of fused-ring (bicyclic) bond motifs is 1. The number of para-hydroxylation sites is 1. The van der Waals surface area contributed by atoms with Crippen LogP contribution in [0.25, 0.3) is 0 Å². The Hall–Kier alpha value is -2.38. The van der Waals surface area contributed by atoms with Crippen molar-refractivity contribution in [3.8, 4) is 5.75 Å². The molecule has 6 nitrogen and oxygen atoms in total. The molecule has 0 amide bonds. The van der Waals surface area contributed by atoms with Crippen molar-refractivity contribution in [2.75, 3.05) is 19.4 Å². The van der Waals surface area contributed by atoms with Gasteiger partial charge in [0, 0.05) is 13.1 Å². The fourth-order valence-corrected chi connectivity index (χ4v) is 4.02. The van der Waals surface area contributed by atoms with Gasteiger partial charge in [-0.15, -0.1) is 0 Å². The molecule has 0 saturated heterocycles. The van der Waals surface area contributed by atoms with Crippen molar-refractivity contribution in [1.29, 1.82) is 0 Å². The van der Waals surface area contributed by atoms with Crippen LogP contribution in [0, 0.1) is 0 Å². The molecule has 0 aromatic heterocycles. The summed E-state index contributed by atoms with van der Waals surface area (Å²) in [4.78, 5) is 14.0. The first-order valence-electron chi connectivity index (χ1n) is 8.34. The number of hydrogen-bond acceptors (Lipinski definition) is 6. The standard InChI is InChI=1S/C19H21NO5S/c1-24-19(21)18-13-15-7-5-6-8-16(15)14-20(18)11-12-26(22,23)25-17-9-3-2-4-10-17/h2-10,18H,11-14H2,1H3/t18-/m1/s1. The zero-order chi connectivity index (χ0) is 18.6. The maximum Gasteiger partial charge on any atom is 0.323 e. The van der Waals surface area contributed by atoms with Crippen molar-refractivity contribution in [1.82, 2.24) is 4.90 Å².